The number of aliphatic carboxylic acids is 1. The molecular formula is C61H83Cl2N3O11. The van der Waals surface area contributed by atoms with Crippen LogP contribution in [0.3, 0.4) is 0 Å². The number of benzene rings is 2. The van der Waals surface area contributed by atoms with Gasteiger partial charge in [0.1, 0.15) is 17.7 Å². The van der Waals surface area contributed by atoms with E-state index in [-0.39, 0.29) is 74.2 Å². The van der Waals surface area contributed by atoms with E-state index in [0.29, 0.717) is 36.6 Å². The summed E-state index contributed by atoms with van der Waals surface area (Å²) < 4.78 is 14.7. The second kappa shape index (κ2) is 30.7. The number of aliphatic hydroxyl groups is 1. The highest BCUT2D eigenvalue weighted by Gasteiger charge is 2.56. The number of rotatable bonds is 13. The minimum absolute atomic E-state index is 0.0721. The van der Waals surface area contributed by atoms with E-state index in [4.69, 9.17) is 37.8 Å². The Morgan fingerprint density at radius 1 is 0.779 bits per heavy atom. The van der Waals surface area contributed by atoms with Crippen LogP contribution in [0, 0.1) is 28.6 Å². The zero-order valence-corrected chi connectivity index (χ0v) is 48.0. The van der Waals surface area contributed by atoms with E-state index in [9.17, 15) is 33.9 Å². The molecule has 14 nitrogen and oxygen atoms in total. The van der Waals surface area contributed by atoms with Crippen LogP contribution >= 0.6 is 23.2 Å². The van der Waals surface area contributed by atoms with Crippen molar-refractivity contribution in [3.05, 3.63) is 120 Å². The zero-order valence-electron chi connectivity index (χ0n) is 46.5. The van der Waals surface area contributed by atoms with E-state index >= 15 is 0 Å². The Bertz CT molecular complexity index is 2430. The van der Waals surface area contributed by atoms with E-state index in [0.717, 1.165) is 41.7 Å². The number of aromatic nitrogens is 1. The third kappa shape index (κ3) is 21.4. The second-order valence-electron chi connectivity index (χ2n) is 22.8. The molecule has 3 aromatic rings. The lowest BCUT2D eigenvalue weighted by Gasteiger charge is -2.57. The van der Waals surface area contributed by atoms with Gasteiger partial charge in [-0.3, -0.25) is 33.8 Å². The van der Waals surface area contributed by atoms with Crippen LogP contribution in [-0.4, -0.2) is 91.6 Å². The van der Waals surface area contributed by atoms with Gasteiger partial charge in [-0.1, -0.05) is 98.3 Å². The van der Waals surface area contributed by atoms with Gasteiger partial charge in [-0.25, -0.2) is 0 Å². The van der Waals surface area contributed by atoms with Crippen molar-refractivity contribution in [2.24, 2.45) is 28.6 Å². The van der Waals surface area contributed by atoms with Gasteiger partial charge in [0, 0.05) is 51.2 Å². The Hall–Kier alpha value is -5.41. The number of carbonyl (C=O) groups is 6. The van der Waals surface area contributed by atoms with Gasteiger partial charge in [-0.15, -0.1) is 23.2 Å². The Balaban J connectivity index is 0.000000231. The molecule has 4 aliphatic carbocycles. The van der Waals surface area contributed by atoms with Crippen molar-refractivity contribution in [1.82, 2.24) is 15.2 Å². The lowest BCUT2D eigenvalue weighted by molar-refractivity contribution is -0.163. The standard InChI is InChI=1S/C24H31NO.C18H25NO5.C13H19NO2.C5H6O3.CH2Cl2/c1-23-11-9-18(26)14-17(23)5-6-19-21-8-7-20(16-4-3-13-25-15-16)24(21,2)12-10-22(19)23;1-18(2,3)24-17(23)13-19(12-14-8-5-4-6-9-14)15(20)10-7-11-16(21)22;1-13(2,3)16-12(15)10-14-9-11-7-5-4-6-8-11;6-4-2-1-3-5(7)8-4;2-1-3/h3-5,7,13,15,18-19,21-22,26H,6,8-12,14H2,1-2H3;4-6,8-9H,7,10-13H2,1-3H3,(H,21,22);4-8,14H,9-10H2,1-3H3;1-3H2;1H2/t18-,19-,21-,22-,23-,24+;;;;/m0..../s1. The zero-order chi connectivity index (χ0) is 56.8. The summed E-state index contributed by atoms with van der Waals surface area (Å²) in [5.41, 5.74) is 6.11. The molecule has 2 heterocycles. The van der Waals surface area contributed by atoms with Crippen molar-refractivity contribution < 1.29 is 53.2 Å². The van der Waals surface area contributed by atoms with E-state index in [1.807, 2.05) is 93.8 Å². The fourth-order valence-electron chi connectivity index (χ4n) is 11.2. The first-order valence-electron chi connectivity index (χ1n) is 26.9. The highest BCUT2D eigenvalue weighted by molar-refractivity contribution is 6.40. The van der Waals surface area contributed by atoms with Gasteiger partial charge >= 0.3 is 29.8 Å². The van der Waals surface area contributed by atoms with E-state index in [2.05, 4.69) is 53.2 Å². The minimum atomic E-state index is -0.940. The third-order valence-corrected chi connectivity index (χ3v) is 14.6. The topological polar surface area (TPSA) is 199 Å². The number of halogens is 2. The quantitative estimate of drug-likeness (QED) is 0.0481. The van der Waals surface area contributed by atoms with Crippen LogP contribution in [-0.2, 0) is 56.1 Å². The summed E-state index contributed by atoms with van der Waals surface area (Å²) in [6.45, 7) is 17.0. The number of nitrogens with zero attached hydrogens (tertiary/aromatic N) is 2. The summed E-state index contributed by atoms with van der Waals surface area (Å²) in [6.07, 6.45) is 18.7. The molecule has 3 N–H and O–H groups in total. The number of cyclic esters (lactones) is 2. The predicted octanol–water partition coefficient (Wildman–Crippen LogP) is 11.8. The molecule has 1 aliphatic heterocycles. The van der Waals surface area contributed by atoms with Crippen molar-refractivity contribution in [3.8, 4) is 0 Å². The Kier molecular flexibility index (Phi) is 25.5. The predicted molar refractivity (Wildman–Crippen MR) is 300 cm³/mol. The molecule has 16 heteroatoms. The molecule has 0 unspecified atom stereocenters. The van der Waals surface area contributed by atoms with Gasteiger partial charge < -0.3 is 34.6 Å². The molecule has 0 bridgehead atoms. The van der Waals surface area contributed by atoms with Crippen LogP contribution < -0.4 is 5.32 Å². The van der Waals surface area contributed by atoms with Crippen LogP contribution in [0.4, 0.5) is 0 Å². The first-order chi connectivity index (χ1) is 36.4. The number of hydrogen-bond acceptors (Lipinski definition) is 12. The molecule has 2 aromatic carbocycles. The largest absolute Gasteiger partial charge is 0.481 e. The van der Waals surface area contributed by atoms with Crippen LogP contribution in [0.15, 0.2) is 103 Å². The summed E-state index contributed by atoms with van der Waals surface area (Å²) >= 11 is 9.53. The van der Waals surface area contributed by atoms with Crippen molar-refractivity contribution in [1.29, 1.82) is 0 Å². The number of allylic oxidation sites excluding steroid dienone is 3. The Labute approximate surface area is 466 Å². The molecule has 6 atom stereocenters. The third-order valence-electron chi connectivity index (χ3n) is 14.6. The number of carboxylic acid groups (broad SMARTS) is 1. The molecule has 2 saturated carbocycles. The lowest BCUT2D eigenvalue weighted by atomic mass is 9.47. The van der Waals surface area contributed by atoms with Gasteiger partial charge in [0.15, 0.2) is 0 Å². The van der Waals surface area contributed by atoms with Crippen LogP contribution in [0.5, 0.6) is 0 Å². The number of fused-ring (bicyclic) bond motifs is 5. The molecule has 1 aromatic heterocycles. The van der Waals surface area contributed by atoms with Crippen molar-refractivity contribution in [2.45, 2.75) is 169 Å². The summed E-state index contributed by atoms with van der Waals surface area (Å²) in [5, 5.41) is 22.1. The smallest absolute Gasteiger partial charge is 0.326 e. The second-order valence-corrected chi connectivity index (χ2v) is 23.6. The maximum Gasteiger partial charge on any atom is 0.326 e. The molecule has 0 radical (unpaired) electrons. The normalized spacial score (nSPS) is 23.1. The molecule has 5 aliphatic rings. The van der Waals surface area contributed by atoms with Crippen molar-refractivity contribution in [3.63, 3.8) is 0 Å². The van der Waals surface area contributed by atoms with Gasteiger partial charge in [0.25, 0.3) is 0 Å². The van der Waals surface area contributed by atoms with Gasteiger partial charge in [-0.2, -0.15) is 0 Å². The van der Waals surface area contributed by atoms with E-state index < -0.39 is 23.1 Å². The minimum Gasteiger partial charge on any atom is -0.481 e. The number of hydrogen-bond donors (Lipinski definition) is 3. The molecule has 1 amide bonds. The SMILES string of the molecule is CC(C)(C)OC(=O)CN(Cc1ccccc1)C(=O)CCCC(=O)O.CC(C)(C)OC(=O)CNCc1ccccc1.C[C@]12CC[C@H](O)CC1=CC[C@@H]1[C@@H]2CC[C@]2(C)C(c3cccnc3)=CC[C@@H]12.ClCCl.O=C1CCCC(=O)O1. The monoisotopic (exact) mass is 1100 g/mol. The molecule has 77 heavy (non-hydrogen) atoms. The molecule has 0 spiro atoms. The number of pyridine rings is 1. The average molecular weight is 1110 g/mol. The lowest BCUT2D eigenvalue weighted by Crippen LogP contribution is -2.49. The average Bonchev–Trinajstić information content (AvgIpc) is 3.72. The molecule has 3 fully saturated rings. The highest BCUT2D eigenvalue weighted by atomic mass is 35.5. The number of aliphatic hydroxyl groups excluding tert-OH is 1. The molecule has 1 saturated heterocycles. The van der Waals surface area contributed by atoms with E-state index in [1.165, 1.54) is 42.6 Å². The number of nitrogens with one attached hydrogen (secondary N) is 1. The van der Waals surface area contributed by atoms with Crippen molar-refractivity contribution in [2.75, 3.05) is 18.4 Å². The number of esters is 4. The maximum absolute atomic E-state index is 12.4. The summed E-state index contributed by atoms with van der Waals surface area (Å²) in [7, 11) is 0. The summed E-state index contributed by atoms with van der Waals surface area (Å²) in [5.74, 6) is -0.317. The number of amides is 1. The van der Waals surface area contributed by atoms with Gasteiger partial charge in [0.2, 0.25) is 5.91 Å². The number of ether oxygens (including phenoxy) is 3. The Morgan fingerprint density at radius 2 is 1.38 bits per heavy atom. The van der Waals surface area contributed by atoms with Gasteiger partial charge in [0.05, 0.1) is 18.0 Å². The first-order valence-corrected chi connectivity index (χ1v) is 28.0. The van der Waals surface area contributed by atoms with Crippen LogP contribution in [0.2, 0.25) is 0 Å². The van der Waals surface area contributed by atoms with Crippen LogP contribution in [0.25, 0.3) is 5.57 Å². The van der Waals surface area contributed by atoms with Crippen LogP contribution in [0.1, 0.15) is 156 Å². The fourth-order valence-corrected chi connectivity index (χ4v) is 11.2. The maximum atomic E-state index is 12.4. The van der Waals surface area contributed by atoms with Crippen molar-refractivity contribution >= 4 is 64.5 Å². The summed E-state index contributed by atoms with van der Waals surface area (Å²) in [6, 6.07) is 23.6. The number of alkyl halides is 2. The molecule has 422 valence electrons. The Morgan fingerprint density at radius 3 is 1.94 bits per heavy atom. The van der Waals surface area contributed by atoms with E-state index in [1.54, 1.807) is 31.9 Å². The molecular weight excluding hydrogens is 1020 g/mol. The number of carbonyl (C=O) groups excluding carboxylic acids is 5. The molecule has 8 rings (SSSR count). The summed E-state index contributed by atoms with van der Waals surface area (Å²) in [4.78, 5) is 72.6. The van der Waals surface area contributed by atoms with Gasteiger partial charge in [-0.05, 0) is 156 Å². The number of carboxylic acids is 1. The first kappa shape index (κ1) is 64.1. The highest BCUT2D eigenvalue weighted by Crippen LogP contribution is 2.66. The fraction of sp³-hybridized carbons (Fsp3) is 0.557.